The van der Waals surface area contributed by atoms with E-state index < -0.39 is 17.9 Å². The number of hydrogen-bond acceptors (Lipinski definition) is 3. The van der Waals surface area contributed by atoms with Gasteiger partial charge in [-0.2, -0.15) is 0 Å². The van der Waals surface area contributed by atoms with Gasteiger partial charge < -0.3 is 10.4 Å². The van der Waals surface area contributed by atoms with Gasteiger partial charge in [0, 0.05) is 5.02 Å². The van der Waals surface area contributed by atoms with Crippen molar-refractivity contribution in [2.75, 3.05) is 0 Å². The van der Waals surface area contributed by atoms with Crippen LogP contribution in [0.2, 0.25) is 10.0 Å². The normalized spacial score (nSPS) is 15.5. The zero-order valence-corrected chi connectivity index (χ0v) is 14.7. The van der Waals surface area contributed by atoms with E-state index >= 15 is 0 Å². The fourth-order valence-corrected chi connectivity index (χ4v) is 2.84. The van der Waals surface area contributed by atoms with Gasteiger partial charge in [-0.3, -0.25) is 9.69 Å². The Hall–Kier alpha value is -2.83. The van der Waals surface area contributed by atoms with Crippen LogP contribution in [0.4, 0.5) is 4.79 Å². The summed E-state index contributed by atoms with van der Waals surface area (Å²) in [6.07, 6.45) is 1.44. The SMILES string of the molecule is O=C(O)c1ccc(/C=C2\NC(=O)N(Cc3ccc(Cl)cc3)C2=O)cc1Cl. The number of amides is 3. The molecule has 0 radical (unpaired) electrons. The highest BCUT2D eigenvalue weighted by Crippen LogP contribution is 2.22. The molecule has 0 atom stereocenters. The average molecular weight is 391 g/mol. The van der Waals surface area contributed by atoms with Gasteiger partial charge >= 0.3 is 12.0 Å². The molecular formula is C18H12Cl2N2O4. The van der Waals surface area contributed by atoms with Crippen molar-refractivity contribution in [3.05, 3.63) is 74.9 Å². The van der Waals surface area contributed by atoms with Crippen LogP contribution in [0, 0.1) is 0 Å². The summed E-state index contributed by atoms with van der Waals surface area (Å²) in [6.45, 7) is 0.109. The molecule has 0 aliphatic carbocycles. The number of rotatable bonds is 4. The lowest BCUT2D eigenvalue weighted by Crippen LogP contribution is -2.30. The van der Waals surface area contributed by atoms with E-state index in [2.05, 4.69) is 5.32 Å². The third-order valence-electron chi connectivity index (χ3n) is 3.75. The number of benzene rings is 2. The molecule has 1 fully saturated rings. The number of carbonyl (C=O) groups is 3. The van der Waals surface area contributed by atoms with Gasteiger partial charge in [0.2, 0.25) is 0 Å². The molecule has 1 heterocycles. The van der Waals surface area contributed by atoms with E-state index in [1.165, 1.54) is 24.3 Å². The molecule has 3 rings (SSSR count). The van der Waals surface area contributed by atoms with Gasteiger partial charge in [-0.05, 0) is 41.5 Å². The van der Waals surface area contributed by atoms with Crippen molar-refractivity contribution < 1.29 is 19.5 Å². The number of halogens is 2. The molecular weight excluding hydrogens is 379 g/mol. The molecule has 2 aromatic carbocycles. The van der Waals surface area contributed by atoms with Crippen LogP contribution < -0.4 is 5.32 Å². The van der Waals surface area contributed by atoms with E-state index in [0.717, 1.165) is 10.5 Å². The van der Waals surface area contributed by atoms with Crippen molar-refractivity contribution in [1.29, 1.82) is 0 Å². The molecule has 0 unspecified atom stereocenters. The molecule has 2 aromatic rings. The number of urea groups is 1. The summed E-state index contributed by atoms with van der Waals surface area (Å²) in [4.78, 5) is 36.6. The first-order valence-electron chi connectivity index (χ1n) is 7.47. The van der Waals surface area contributed by atoms with Crippen molar-refractivity contribution in [3.8, 4) is 0 Å². The van der Waals surface area contributed by atoms with E-state index in [1.54, 1.807) is 24.3 Å². The molecule has 8 heteroatoms. The van der Waals surface area contributed by atoms with Crippen molar-refractivity contribution in [2.24, 2.45) is 0 Å². The number of imide groups is 1. The Morgan fingerprint density at radius 2 is 1.81 bits per heavy atom. The summed E-state index contributed by atoms with van der Waals surface area (Å²) in [5.74, 6) is -1.63. The molecule has 26 heavy (non-hydrogen) atoms. The molecule has 1 aliphatic heterocycles. The Labute approximate surface area is 158 Å². The zero-order valence-electron chi connectivity index (χ0n) is 13.2. The summed E-state index contributed by atoms with van der Waals surface area (Å²) in [6, 6.07) is 10.5. The van der Waals surface area contributed by atoms with Crippen LogP contribution >= 0.6 is 23.2 Å². The largest absolute Gasteiger partial charge is 0.478 e. The number of hydrogen-bond donors (Lipinski definition) is 2. The van der Waals surface area contributed by atoms with Crippen LogP contribution in [0.15, 0.2) is 48.2 Å². The maximum absolute atomic E-state index is 12.5. The highest BCUT2D eigenvalue weighted by Gasteiger charge is 2.33. The predicted molar refractivity (Wildman–Crippen MR) is 96.9 cm³/mol. The monoisotopic (exact) mass is 390 g/mol. The third kappa shape index (κ3) is 3.71. The molecule has 0 spiro atoms. The van der Waals surface area contributed by atoms with Gasteiger partial charge in [0.25, 0.3) is 5.91 Å². The third-order valence-corrected chi connectivity index (χ3v) is 4.32. The maximum Gasteiger partial charge on any atom is 0.337 e. The van der Waals surface area contributed by atoms with E-state index in [1.807, 2.05) is 0 Å². The van der Waals surface area contributed by atoms with Crippen LogP contribution in [0.25, 0.3) is 6.08 Å². The van der Waals surface area contributed by atoms with Crippen LogP contribution in [-0.4, -0.2) is 27.9 Å². The summed E-state index contributed by atoms with van der Waals surface area (Å²) in [5.41, 5.74) is 1.30. The fraction of sp³-hybridized carbons (Fsp3) is 0.0556. The molecule has 0 saturated carbocycles. The topological polar surface area (TPSA) is 86.7 Å². The minimum Gasteiger partial charge on any atom is -0.478 e. The smallest absolute Gasteiger partial charge is 0.337 e. The van der Waals surface area contributed by atoms with Crippen molar-refractivity contribution in [3.63, 3.8) is 0 Å². The van der Waals surface area contributed by atoms with Crippen LogP contribution in [0.3, 0.4) is 0 Å². The Morgan fingerprint density at radius 3 is 2.42 bits per heavy atom. The van der Waals surface area contributed by atoms with Crippen LogP contribution in [0.1, 0.15) is 21.5 Å². The Morgan fingerprint density at radius 1 is 1.12 bits per heavy atom. The molecule has 1 aliphatic rings. The molecule has 3 amide bonds. The Bertz CT molecular complexity index is 939. The number of carboxylic acid groups (broad SMARTS) is 1. The highest BCUT2D eigenvalue weighted by atomic mass is 35.5. The van der Waals surface area contributed by atoms with Crippen molar-refractivity contribution in [2.45, 2.75) is 6.54 Å². The molecule has 6 nitrogen and oxygen atoms in total. The van der Waals surface area contributed by atoms with Gasteiger partial charge in [0.15, 0.2) is 0 Å². The van der Waals surface area contributed by atoms with Crippen LogP contribution in [-0.2, 0) is 11.3 Å². The van der Waals surface area contributed by atoms with Crippen molar-refractivity contribution in [1.82, 2.24) is 10.2 Å². The summed E-state index contributed by atoms with van der Waals surface area (Å²) in [7, 11) is 0. The second-order valence-corrected chi connectivity index (χ2v) is 6.39. The molecule has 132 valence electrons. The first kappa shape index (κ1) is 18.0. The van der Waals surface area contributed by atoms with E-state index in [-0.39, 0.29) is 22.8 Å². The number of carboxylic acids is 1. The number of nitrogens with one attached hydrogen (secondary N) is 1. The number of nitrogens with zero attached hydrogens (tertiary/aromatic N) is 1. The van der Waals surface area contributed by atoms with Gasteiger partial charge in [-0.25, -0.2) is 9.59 Å². The molecule has 0 bridgehead atoms. The zero-order chi connectivity index (χ0) is 18.8. The van der Waals surface area contributed by atoms with Gasteiger partial charge in [0.1, 0.15) is 5.70 Å². The molecule has 1 saturated heterocycles. The number of aromatic carboxylic acids is 1. The minimum absolute atomic E-state index is 0.0417. The standard InChI is InChI=1S/C18H12Cl2N2O4/c19-12-4-1-10(2-5-12)9-22-16(23)15(21-18(22)26)8-11-3-6-13(17(24)25)14(20)7-11/h1-8H,9H2,(H,21,26)(H,24,25)/b15-8-. The van der Waals surface area contributed by atoms with Gasteiger partial charge in [0.05, 0.1) is 17.1 Å². The summed E-state index contributed by atoms with van der Waals surface area (Å²) >= 11 is 11.7. The lowest BCUT2D eigenvalue weighted by molar-refractivity contribution is -0.123. The Balaban J connectivity index is 1.81. The lowest BCUT2D eigenvalue weighted by Gasteiger charge is -2.11. The minimum atomic E-state index is -1.14. The lowest BCUT2D eigenvalue weighted by atomic mass is 10.1. The van der Waals surface area contributed by atoms with E-state index in [4.69, 9.17) is 28.3 Å². The van der Waals surface area contributed by atoms with E-state index in [9.17, 15) is 14.4 Å². The summed E-state index contributed by atoms with van der Waals surface area (Å²) in [5, 5.41) is 12.1. The quantitative estimate of drug-likeness (QED) is 0.614. The van der Waals surface area contributed by atoms with Crippen LogP contribution in [0.5, 0.6) is 0 Å². The van der Waals surface area contributed by atoms with Crippen molar-refractivity contribution >= 4 is 47.2 Å². The number of carbonyl (C=O) groups excluding carboxylic acids is 2. The fourth-order valence-electron chi connectivity index (χ4n) is 2.45. The first-order chi connectivity index (χ1) is 12.3. The van der Waals surface area contributed by atoms with Gasteiger partial charge in [-0.1, -0.05) is 41.4 Å². The maximum atomic E-state index is 12.5. The first-order valence-corrected chi connectivity index (χ1v) is 8.22. The highest BCUT2D eigenvalue weighted by molar-refractivity contribution is 6.33. The molecule has 2 N–H and O–H groups in total. The predicted octanol–water partition coefficient (Wildman–Crippen LogP) is 3.78. The summed E-state index contributed by atoms with van der Waals surface area (Å²) < 4.78 is 0. The van der Waals surface area contributed by atoms with Gasteiger partial charge in [-0.15, -0.1) is 0 Å². The van der Waals surface area contributed by atoms with E-state index in [0.29, 0.717) is 10.6 Å². The second kappa shape index (κ2) is 7.19. The molecule has 0 aromatic heterocycles. The average Bonchev–Trinajstić information content (AvgIpc) is 2.84. The second-order valence-electron chi connectivity index (χ2n) is 5.55. The Kier molecular flexibility index (Phi) is 4.97.